The first kappa shape index (κ1) is 12.1. The zero-order valence-electron chi connectivity index (χ0n) is 9.22. The van der Waals surface area contributed by atoms with E-state index in [1.54, 1.807) is 7.11 Å². The summed E-state index contributed by atoms with van der Waals surface area (Å²) in [5.74, 6) is -0.751. The van der Waals surface area contributed by atoms with Crippen molar-refractivity contribution in [3.63, 3.8) is 0 Å². The zero-order chi connectivity index (χ0) is 12.4. The van der Waals surface area contributed by atoms with E-state index in [4.69, 9.17) is 16.3 Å². The number of amides is 1. The molecule has 1 unspecified atom stereocenters. The molecule has 6 heteroatoms. The van der Waals surface area contributed by atoms with Crippen LogP contribution in [0.5, 0.6) is 0 Å². The third-order valence-electron chi connectivity index (χ3n) is 2.58. The van der Waals surface area contributed by atoms with Crippen molar-refractivity contribution in [3.05, 3.63) is 23.0 Å². The zero-order valence-corrected chi connectivity index (χ0v) is 9.97. The molecule has 0 saturated carbocycles. The second kappa shape index (κ2) is 4.89. The van der Waals surface area contributed by atoms with Gasteiger partial charge in [0.25, 0.3) is 0 Å². The number of anilines is 2. The Bertz CT molecular complexity index is 453. The van der Waals surface area contributed by atoms with Gasteiger partial charge in [0.15, 0.2) is 0 Å². The van der Waals surface area contributed by atoms with Crippen molar-refractivity contribution in [3.8, 4) is 0 Å². The van der Waals surface area contributed by atoms with Crippen LogP contribution in [0.4, 0.5) is 15.8 Å². The lowest BCUT2D eigenvalue weighted by Crippen LogP contribution is -2.39. The molecule has 0 radical (unpaired) electrons. The molecule has 0 saturated heterocycles. The molecule has 0 fully saturated rings. The minimum atomic E-state index is -0.553. The fourth-order valence-corrected chi connectivity index (χ4v) is 1.85. The summed E-state index contributed by atoms with van der Waals surface area (Å²) in [6.07, 6.45) is 0.538. The molecule has 1 aromatic carbocycles. The summed E-state index contributed by atoms with van der Waals surface area (Å²) in [6.45, 7) is 0.468. The predicted molar refractivity (Wildman–Crippen MR) is 63.9 cm³/mol. The van der Waals surface area contributed by atoms with Crippen LogP contribution in [-0.2, 0) is 9.53 Å². The van der Waals surface area contributed by atoms with E-state index in [1.165, 1.54) is 12.1 Å². The van der Waals surface area contributed by atoms with Crippen LogP contribution in [0, 0.1) is 5.82 Å². The Morgan fingerprint density at radius 1 is 1.47 bits per heavy atom. The second-order valence-electron chi connectivity index (χ2n) is 3.78. The fraction of sp³-hybridized carbons (Fsp3) is 0.364. The number of carbonyl (C=O) groups excluding carboxylic acids is 1. The Labute approximate surface area is 103 Å². The van der Waals surface area contributed by atoms with Crippen molar-refractivity contribution >= 4 is 28.9 Å². The number of fused-ring (bicyclic) bond motifs is 1. The van der Waals surface area contributed by atoms with E-state index in [0.717, 1.165) is 0 Å². The maximum absolute atomic E-state index is 13.2. The highest BCUT2D eigenvalue weighted by Gasteiger charge is 2.25. The molecule has 1 atom stereocenters. The van der Waals surface area contributed by atoms with E-state index >= 15 is 0 Å². The summed E-state index contributed by atoms with van der Waals surface area (Å²) in [4.78, 5) is 11.7. The van der Waals surface area contributed by atoms with Gasteiger partial charge in [-0.25, -0.2) is 4.39 Å². The predicted octanol–water partition coefficient (Wildman–Crippen LogP) is 2.25. The average Bonchev–Trinajstić information content (AvgIpc) is 2.29. The molecule has 2 N–H and O–H groups in total. The maximum Gasteiger partial charge on any atom is 0.247 e. The van der Waals surface area contributed by atoms with Crippen LogP contribution in [0.25, 0.3) is 0 Å². The lowest BCUT2D eigenvalue weighted by Gasteiger charge is -2.26. The molecule has 0 aromatic heterocycles. The molecule has 1 heterocycles. The lowest BCUT2D eigenvalue weighted by atomic mass is 10.1. The molecule has 1 aromatic rings. The van der Waals surface area contributed by atoms with Gasteiger partial charge in [0.1, 0.15) is 11.9 Å². The molecular weight excluding hydrogens is 247 g/mol. The summed E-state index contributed by atoms with van der Waals surface area (Å²) in [6, 6.07) is 2.28. The Morgan fingerprint density at radius 3 is 2.94 bits per heavy atom. The number of benzene rings is 1. The standard InChI is InChI=1S/C11H12ClFN2O2/c1-17-3-2-8-11(16)15-10-5-7(13)6(12)4-9(10)14-8/h4-5,8,14H,2-3H2,1H3,(H,15,16). The smallest absolute Gasteiger partial charge is 0.247 e. The number of methoxy groups -OCH3 is 1. The highest BCUT2D eigenvalue weighted by Crippen LogP contribution is 2.32. The van der Waals surface area contributed by atoms with Crippen molar-refractivity contribution < 1.29 is 13.9 Å². The molecule has 0 spiro atoms. The van der Waals surface area contributed by atoms with Gasteiger partial charge in [0, 0.05) is 19.8 Å². The number of halogens is 2. The van der Waals surface area contributed by atoms with Gasteiger partial charge in [0.2, 0.25) is 5.91 Å². The first-order chi connectivity index (χ1) is 8.11. The van der Waals surface area contributed by atoms with Crippen molar-refractivity contribution in [2.45, 2.75) is 12.5 Å². The van der Waals surface area contributed by atoms with Crippen molar-refractivity contribution in [2.24, 2.45) is 0 Å². The number of hydrogen-bond donors (Lipinski definition) is 2. The van der Waals surface area contributed by atoms with Gasteiger partial charge < -0.3 is 15.4 Å². The van der Waals surface area contributed by atoms with Crippen LogP contribution >= 0.6 is 11.6 Å². The molecular formula is C11H12ClFN2O2. The Morgan fingerprint density at radius 2 is 2.24 bits per heavy atom. The van der Waals surface area contributed by atoms with E-state index < -0.39 is 5.82 Å². The largest absolute Gasteiger partial charge is 0.385 e. The topological polar surface area (TPSA) is 50.4 Å². The maximum atomic E-state index is 13.2. The molecule has 1 aliphatic rings. The van der Waals surface area contributed by atoms with Crippen LogP contribution in [0.3, 0.4) is 0 Å². The van der Waals surface area contributed by atoms with Crippen molar-refractivity contribution in [2.75, 3.05) is 24.4 Å². The number of rotatable bonds is 3. The Hall–Kier alpha value is -1.33. The van der Waals surface area contributed by atoms with E-state index in [0.29, 0.717) is 24.4 Å². The minimum Gasteiger partial charge on any atom is -0.385 e. The van der Waals surface area contributed by atoms with Crippen LogP contribution in [0.2, 0.25) is 5.02 Å². The number of hydrogen-bond acceptors (Lipinski definition) is 3. The number of ether oxygens (including phenoxy) is 1. The number of carbonyl (C=O) groups is 1. The van der Waals surface area contributed by atoms with Crippen LogP contribution in [0.15, 0.2) is 12.1 Å². The van der Waals surface area contributed by atoms with Gasteiger partial charge in [-0.1, -0.05) is 11.6 Å². The van der Waals surface area contributed by atoms with Gasteiger partial charge in [0.05, 0.1) is 16.4 Å². The van der Waals surface area contributed by atoms with Gasteiger partial charge in [-0.15, -0.1) is 0 Å². The first-order valence-corrected chi connectivity index (χ1v) is 5.55. The number of nitrogens with one attached hydrogen (secondary N) is 2. The van der Waals surface area contributed by atoms with E-state index in [-0.39, 0.29) is 17.0 Å². The Balaban J connectivity index is 2.22. The highest BCUT2D eigenvalue weighted by atomic mass is 35.5. The first-order valence-electron chi connectivity index (χ1n) is 5.17. The summed E-state index contributed by atoms with van der Waals surface area (Å²) in [5.41, 5.74) is 1.03. The molecule has 4 nitrogen and oxygen atoms in total. The van der Waals surface area contributed by atoms with E-state index in [2.05, 4.69) is 10.6 Å². The van der Waals surface area contributed by atoms with Gasteiger partial charge >= 0.3 is 0 Å². The fourth-order valence-electron chi connectivity index (χ4n) is 1.68. The third-order valence-corrected chi connectivity index (χ3v) is 2.86. The van der Waals surface area contributed by atoms with Crippen molar-refractivity contribution in [1.29, 1.82) is 0 Å². The SMILES string of the molecule is COCCC1Nc2cc(Cl)c(F)cc2NC1=O. The minimum absolute atomic E-state index is 0.0258. The quantitative estimate of drug-likeness (QED) is 0.874. The molecule has 92 valence electrons. The summed E-state index contributed by atoms with van der Waals surface area (Å²) < 4.78 is 18.1. The summed E-state index contributed by atoms with van der Waals surface area (Å²) in [7, 11) is 1.57. The Kier molecular flexibility index (Phi) is 3.49. The van der Waals surface area contributed by atoms with E-state index in [1.807, 2.05) is 0 Å². The highest BCUT2D eigenvalue weighted by molar-refractivity contribution is 6.31. The molecule has 1 amide bonds. The van der Waals surface area contributed by atoms with Gasteiger partial charge in [-0.3, -0.25) is 4.79 Å². The monoisotopic (exact) mass is 258 g/mol. The van der Waals surface area contributed by atoms with Crippen molar-refractivity contribution in [1.82, 2.24) is 0 Å². The summed E-state index contributed by atoms with van der Waals surface area (Å²) in [5, 5.41) is 5.66. The normalized spacial score (nSPS) is 18.3. The molecule has 2 rings (SSSR count). The third kappa shape index (κ3) is 2.50. The van der Waals surface area contributed by atoms with Crippen LogP contribution in [0.1, 0.15) is 6.42 Å². The lowest BCUT2D eigenvalue weighted by molar-refractivity contribution is -0.117. The van der Waals surface area contributed by atoms with Crippen LogP contribution < -0.4 is 10.6 Å². The molecule has 0 bridgehead atoms. The summed E-state index contributed by atoms with van der Waals surface area (Å²) >= 11 is 5.68. The molecule has 17 heavy (non-hydrogen) atoms. The van der Waals surface area contributed by atoms with E-state index in [9.17, 15) is 9.18 Å². The molecule has 0 aliphatic carbocycles. The van der Waals surface area contributed by atoms with Gasteiger partial charge in [-0.2, -0.15) is 0 Å². The molecule has 1 aliphatic heterocycles. The van der Waals surface area contributed by atoms with Gasteiger partial charge in [-0.05, 0) is 12.5 Å². The average molecular weight is 259 g/mol. The second-order valence-corrected chi connectivity index (χ2v) is 4.19. The van der Waals surface area contributed by atoms with Crippen LogP contribution in [-0.4, -0.2) is 25.7 Å².